The molecule has 0 radical (unpaired) electrons. The van der Waals surface area contributed by atoms with Gasteiger partial charge in [-0.25, -0.2) is 9.97 Å². The Morgan fingerprint density at radius 2 is 1.24 bits per heavy atom. The van der Waals surface area contributed by atoms with E-state index in [4.69, 9.17) is 9.97 Å². The van der Waals surface area contributed by atoms with Gasteiger partial charge in [0, 0.05) is 23.0 Å². The fourth-order valence-corrected chi connectivity index (χ4v) is 10.6. The Morgan fingerprint density at radius 3 is 2.10 bits per heavy atom. The maximum atomic E-state index is 5.21. The molecule has 1 spiro atoms. The monoisotopic (exact) mass is 752 g/mol. The van der Waals surface area contributed by atoms with E-state index in [1.54, 1.807) is 0 Å². The van der Waals surface area contributed by atoms with Crippen molar-refractivity contribution in [2.24, 2.45) is 0 Å². The van der Waals surface area contributed by atoms with Crippen LogP contribution in [0.5, 0.6) is 0 Å². The van der Waals surface area contributed by atoms with E-state index in [0.717, 1.165) is 41.2 Å². The maximum Gasteiger partial charge on any atom is 0.160 e. The topological polar surface area (TPSA) is 25.8 Å². The molecule has 2 heteroatoms. The summed E-state index contributed by atoms with van der Waals surface area (Å²) in [6.45, 7) is 0. The molecule has 3 atom stereocenters. The Balaban J connectivity index is 1.09. The van der Waals surface area contributed by atoms with Crippen LogP contribution < -0.4 is 0 Å². The molecule has 0 fully saturated rings. The zero-order chi connectivity index (χ0) is 38.9. The van der Waals surface area contributed by atoms with Gasteiger partial charge < -0.3 is 0 Å². The molecule has 4 aliphatic carbocycles. The van der Waals surface area contributed by atoms with Crippen LogP contribution in [0.2, 0.25) is 0 Å². The summed E-state index contributed by atoms with van der Waals surface area (Å²) in [6.07, 6.45) is 17.8. The minimum atomic E-state index is -0.425. The summed E-state index contributed by atoms with van der Waals surface area (Å²) in [7, 11) is 0. The standard InChI is InChI=1S/C57H40N2/c1-4-17-37(18-5-1)52-36-53(59-56(58-52)39-21-8-3-9-22-39)43-25-16-24-40(33-43)41-31-32-47-50(34-41)57(48-29-14-12-27-45(48)46-28-13-15-30-49(46)57)51-35-42-23-10-11-26-44(42)54(55(47)51)38-19-6-2-7-20-38/h1-17,19-27,29-37,46H,18,28H2. The zero-order valence-electron chi connectivity index (χ0n) is 32.6. The van der Waals surface area contributed by atoms with Gasteiger partial charge in [0.15, 0.2) is 5.82 Å². The number of aromatic nitrogens is 2. The Hall–Kier alpha value is -7.16. The van der Waals surface area contributed by atoms with Gasteiger partial charge in [-0.3, -0.25) is 0 Å². The van der Waals surface area contributed by atoms with Gasteiger partial charge in [0.25, 0.3) is 0 Å². The maximum absolute atomic E-state index is 5.21. The van der Waals surface area contributed by atoms with Crippen molar-refractivity contribution in [2.45, 2.75) is 30.1 Å². The van der Waals surface area contributed by atoms with Gasteiger partial charge in [-0.2, -0.15) is 0 Å². The third kappa shape index (κ3) is 5.19. The fourth-order valence-electron chi connectivity index (χ4n) is 10.6. The van der Waals surface area contributed by atoms with E-state index in [1.165, 1.54) is 72.0 Å². The van der Waals surface area contributed by atoms with Crippen LogP contribution in [0, 0.1) is 0 Å². The van der Waals surface area contributed by atoms with Crippen molar-refractivity contribution in [3.8, 4) is 56.0 Å². The number of benzene rings is 7. The Morgan fingerprint density at radius 1 is 0.492 bits per heavy atom. The van der Waals surface area contributed by atoms with Crippen molar-refractivity contribution in [2.75, 3.05) is 0 Å². The van der Waals surface area contributed by atoms with Gasteiger partial charge in [-0.1, -0.05) is 182 Å². The van der Waals surface area contributed by atoms with Crippen LogP contribution in [-0.4, -0.2) is 9.97 Å². The average molecular weight is 753 g/mol. The molecule has 278 valence electrons. The smallest absolute Gasteiger partial charge is 0.160 e. The number of hydrogen-bond donors (Lipinski definition) is 0. The lowest BCUT2D eigenvalue weighted by Gasteiger charge is -2.33. The summed E-state index contributed by atoms with van der Waals surface area (Å²) in [4.78, 5) is 10.3. The molecule has 4 aliphatic rings. The number of rotatable bonds is 5. The summed E-state index contributed by atoms with van der Waals surface area (Å²) in [5, 5.41) is 2.56. The Labute approximate surface area is 345 Å². The Bertz CT molecular complexity index is 3110. The van der Waals surface area contributed by atoms with E-state index < -0.39 is 5.41 Å². The molecule has 0 bridgehead atoms. The van der Waals surface area contributed by atoms with Crippen molar-refractivity contribution in [3.05, 3.63) is 240 Å². The molecule has 0 amide bonds. The summed E-state index contributed by atoms with van der Waals surface area (Å²) in [6, 6.07) is 60.6. The largest absolute Gasteiger partial charge is 0.232 e. The second kappa shape index (κ2) is 13.5. The van der Waals surface area contributed by atoms with E-state index in [0.29, 0.717) is 5.92 Å². The van der Waals surface area contributed by atoms with Gasteiger partial charge in [0.2, 0.25) is 0 Å². The first-order valence-electron chi connectivity index (χ1n) is 20.9. The molecule has 0 N–H and O–H groups in total. The summed E-state index contributed by atoms with van der Waals surface area (Å²) >= 11 is 0. The molecule has 2 nitrogen and oxygen atoms in total. The molecule has 0 aliphatic heterocycles. The van der Waals surface area contributed by atoms with E-state index in [-0.39, 0.29) is 5.92 Å². The molecule has 12 rings (SSSR count). The van der Waals surface area contributed by atoms with Crippen molar-refractivity contribution in [1.29, 1.82) is 0 Å². The minimum absolute atomic E-state index is 0.210. The first kappa shape index (κ1) is 33.9. The lowest BCUT2D eigenvalue weighted by Crippen LogP contribution is -2.27. The van der Waals surface area contributed by atoms with Gasteiger partial charge in [0.1, 0.15) is 0 Å². The molecule has 1 heterocycles. The van der Waals surface area contributed by atoms with Gasteiger partial charge in [-0.05, 0) is 109 Å². The number of fused-ring (bicyclic) bond motifs is 11. The molecule has 3 unspecified atom stereocenters. The number of hydrogen-bond acceptors (Lipinski definition) is 2. The lowest BCUT2D eigenvalue weighted by atomic mass is 9.68. The van der Waals surface area contributed by atoms with Crippen molar-refractivity contribution >= 4 is 10.8 Å². The van der Waals surface area contributed by atoms with E-state index in [2.05, 4.69) is 200 Å². The molecule has 0 saturated carbocycles. The van der Waals surface area contributed by atoms with E-state index in [1.807, 2.05) is 6.07 Å². The van der Waals surface area contributed by atoms with Gasteiger partial charge in [-0.15, -0.1) is 0 Å². The molecule has 7 aromatic carbocycles. The normalized spacial score (nSPS) is 19.4. The molecular weight excluding hydrogens is 713 g/mol. The summed E-state index contributed by atoms with van der Waals surface area (Å²) < 4.78 is 0. The fraction of sp³-hybridized carbons (Fsp3) is 0.0877. The highest BCUT2D eigenvalue weighted by atomic mass is 14.9. The SMILES string of the molecule is C1=CCC(c2cc(-c3cccc(-c4ccc5c(c4)C4(C6=CC=CCC6c6ccccc64)c4cc6ccccc6c(-c6ccccc6)c4-5)c3)nc(-c3ccccc3)n2)C=C1. The third-order valence-corrected chi connectivity index (χ3v) is 13.2. The quantitative estimate of drug-likeness (QED) is 0.175. The predicted octanol–water partition coefficient (Wildman–Crippen LogP) is 14.2. The second-order valence-electron chi connectivity index (χ2n) is 16.3. The van der Waals surface area contributed by atoms with Crippen LogP contribution in [0.3, 0.4) is 0 Å². The lowest BCUT2D eigenvalue weighted by molar-refractivity contribution is 0.708. The van der Waals surface area contributed by atoms with Crippen LogP contribution in [0.15, 0.2) is 212 Å². The van der Waals surface area contributed by atoms with Crippen LogP contribution in [0.1, 0.15) is 52.6 Å². The number of nitrogens with zero attached hydrogens (tertiary/aromatic N) is 2. The molecule has 59 heavy (non-hydrogen) atoms. The highest BCUT2D eigenvalue weighted by molar-refractivity contribution is 6.09. The predicted molar refractivity (Wildman–Crippen MR) is 243 cm³/mol. The van der Waals surface area contributed by atoms with Gasteiger partial charge in [0.05, 0.1) is 16.8 Å². The van der Waals surface area contributed by atoms with Crippen molar-refractivity contribution < 1.29 is 0 Å². The molecule has 0 saturated heterocycles. The van der Waals surface area contributed by atoms with Crippen molar-refractivity contribution in [1.82, 2.24) is 9.97 Å². The van der Waals surface area contributed by atoms with E-state index >= 15 is 0 Å². The first-order chi connectivity index (χ1) is 29.3. The van der Waals surface area contributed by atoms with Crippen LogP contribution in [0.4, 0.5) is 0 Å². The molecular formula is C57H40N2. The summed E-state index contributed by atoms with van der Waals surface area (Å²) in [5.41, 5.74) is 18.4. The minimum Gasteiger partial charge on any atom is -0.232 e. The summed E-state index contributed by atoms with van der Waals surface area (Å²) in [5.74, 6) is 1.30. The highest BCUT2D eigenvalue weighted by Crippen LogP contribution is 2.67. The third-order valence-electron chi connectivity index (χ3n) is 13.2. The van der Waals surface area contributed by atoms with Crippen molar-refractivity contribution in [3.63, 3.8) is 0 Å². The molecule has 8 aromatic rings. The average Bonchev–Trinajstić information content (AvgIpc) is 3.78. The Kier molecular flexibility index (Phi) is 7.74. The second-order valence-corrected chi connectivity index (χ2v) is 16.3. The van der Waals surface area contributed by atoms with E-state index in [9.17, 15) is 0 Å². The van der Waals surface area contributed by atoms with Crippen LogP contribution in [0.25, 0.3) is 66.8 Å². The molecule has 1 aromatic heterocycles. The van der Waals surface area contributed by atoms with Gasteiger partial charge >= 0.3 is 0 Å². The van der Waals surface area contributed by atoms with Crippen LogP contribution >= 0.6 is 0 Å². The zero-order valence-corrected chi connectivity index (χ0v) is 32.6. The first-order valence-corrected chi connectivity index (χ1v) is 20.9. The van der Waals surface area contributed by atoms with Crippen LogP contribution in [-0.2, 0) is 5.41 Å². The number of allylic oxidation sites excluding steroid dienone is 8. The highest BCUT2D eigenvalue weighted by Gasteiger charge is 2.55.